The minimum absolute atomic E-state index is 0.133. The highest BCUT2D eigenvalue weighted by Crippen LogP contribution is 2.24. The summed E-state index contributed by atoms with van der Waals surface area (Å²) in [6.45, 7) is 1.57. The Morgan fingerprint density at radius 2 is 2.25 bits per heavy atom. The van der Waals surface area contributed by atoms with Crippen molar-refractivity contribution in [2.45, 2.75) is 6.92 Å². The third-order valence-corrected chi connectivity index (χ3v) is 2.00. The van der Waals surface area contributed by atoms with Crippen molar-refractivity contribution in [1.29, 1.82) is 0 Å². The van der Waals surface area contributed by atoms with E-state index >= 15 is 0 Å². The van der Waals surface area contributed by atoms with Gasteiger partial charge in [-0.3, -0.25) is 0 Å². The first kappa shape index (κ1) is 10.2. The summed E-state index contributed by atoms with van der Waals surface area (Å²) < 4.78 is 18.4. The second kappa shape index (κ2) is 3.69. The van der Waals surface area contributed by atoms with Gasteiger partial charge in [0.05, 0.1) is 11.8 Å². The molecule has 0 fully saturated rings. The van der Waals surface area contributed by atoms with E-state index in [4.69, 9.17) is 9.63 Å². The number of rotatable bonds is 2. The average molecular weight is 223 g/mol. The summed E-state index contributed by atoms with van der Waals surface area (Å²) >= 11 is 0. The molecule has 0 amide bonds. The number of aromatic nitrogens is 3. The van der Waals surface area contributed by atoms with Crippen LogP contribution in [0.4, 0.5) is 4.39 Å². The molecular weight excluding hydrogens is 217 g/mol. The van der Waals surface area contributed by atoms with Crippen molar-refractivity contribution in [2.75, 3.05) is 0 Å². The van der Waals surface area contributed by atoms with Gasteiger partial charge in [0.15, 0.2) is 11.5 Å². The van der Waals surface area contributed by atoms with Crippen LogP contribution in [0.25, 0.3) is 11.3 Å². The summed E-state index contributed by atoms with van der Waals surface area (Å²) in [4.78, 5) is 17.7. The van der Waals surface area contributed by atoms with E-state index < -0.39 is 17.5 Å². The van der Waals surface area contributed by atoms with Crippen LogP contribution in [-0.4, -0.2) is 26.2 Å². The van der Waals surface area contributed by atoms with E-state index in [1.807, 2.05) is 0 Å². The van der Waals surface area contributed by atoms with Gasteiger partial charge in [-0.1, -0.05) is 5.16 Å². The molecule has 0 aliphatic carbocycles. The summed E-state index contributed by atoms with van der Waals surface area (Å²) in [6, 6.07) is 0. The molecule has 0 bridgehead atoms. The summed E-state index contributed by atoms with van der Waals surface area (Å²) in [5.41, 5.74) is -0.501. The summed E-state index contributed by atoms with van der Waals surface area (Å²) in [7, 11) is 0. The van der Waals surface area contributed by atoms with E-state index in [0.717, 1.165) is 6.33 Å². The van der Waals surface area contributed by atoms with Crippen molar-refractivity contribution in [1.82, 2.24) is 15.1 Å². The second-order valence-electron chi connectivity index (χ2n) is 2.99. The largest absolute Gasteiger partial charge is 0.476 e. The van der Waals surface area contributed by atoms with Gasteiger partial charge < -0.3 is 9.63 Å². The smallest absolute Gasteiger partial charge is 0.357 e. The Bertz CT molecular complexity index is 553. The molecule has 7 heteroatoms. The van der Waals surface area contributed by atoms with Crippen LogP contribution in [0.15, 0.2) is 17.0 Å². The minimum atomic E-state index is -1.45. The molecule has 2 aromatic rings. The molecule has 6 nitrogen and oxygen atoms in total. The van der Waals surface area contributed by atoms with Crippen molar-refractivity contribution < 1.29 is 18.8 Å². The van der Waals surface area contributed by atoms with E-state index in [9.17, 15) is 9.18 Å². The SMILES string of the molecule is Cc1oncc1-c1ncnc(C(=O)O)c1F. The second-order valence-corrected chi connectivity index (χ2v) is 2.99. The molecule has 2 rings (SSSR count). The minimum Gasteiger partial charge on any atom is -0.476 e. The van der Waals surface area contributed by atoms with E-state index in [2.05, 4.69) is 15.1 Å². The van der Waals surface area contributed by atoms with Crippen LogP contribution in [0.1, 0.15) is 16.2 Å². The number of nitrogens with zero attached hydrogens (tertiary/aromatic N) is 3. The zero-order chi connectivity index (χ0) is 11.7. The lowest BCUT2D eigenvalue weighted by Gasteiger charge is -2.01. The van der Waals surface area contributed by atoms with Gasteiger partial charge in [0.2, 0.25) is 0 Å². The van der Waals surface area contributed by atoms with Crippen LogP contribution in [0.3, 0.4) is 0 Å². The normalized spacial score (nSPS) is 10.4. The molecule has 2 heterocycles. The Balaban J connectivity index is 2.63. The summed E-state index contributed by atoms with van der Waals surface area (Å²) in [5, 5.41) is 12.2. The molecule has 82 valence electrons. The maximum Gasteiger partial charge on any atom is 0.357 e. The van der Waals surface area contributed by atoms with Crippen LogP contribution in [0.2, 0.25) is 0 Å². The molecule has 0 aliphatic rings. The number of carboxylic acid groups (broad SMARTS) is 1. The van der Waals surface area contributed by atoms with Crippen LogP contribution < -0.4 is 0 Å². The van der Waals surface area contributed by atoms with Crippen LogP contribution >= 0.6 is 0 Å². The van der Waals surface area contributed by atoms with E-state index in [-0.39, 0.29) is 5.69 Å². The lowest BCUT2D eigenvalue weighted by Crippen LogP contribution is -2.06. The number of carboxylic acids is 1. The number of aromatic carboxylic acids is 1. The highest BCUT2D eigenvalue weighted by molar-refractivity contribution is 5.87. The zero-order valence-corrected chi connectivity index (χ0v) is 8.14. The zero-order valence-electron chi connectivity index (χ0n) is 8.14. The number of hydrogen-bond donors (Lipinski definition) is 1. The Labute approximate surface area is 88.7 Å². The van der Waals surface area contributed by atoms with Gasteiger partial charge in [-0.2, -0.15) is 0 Å². The topological polar surface area (TPSA) is 89.1 Å². The fourth-order valence-electron chi connectivity index (χ4n) is 1.23. The van der Waals surface area contributed by atoms with Gasteiger partial charge in [-0.05, 0) is 6.92 Å². The van der Waals surface area contributed by atoms with Crippen LogP contribution in [-0.2, 0) is 0 Å². The predicted molar refractivity (Wildman–Crippen MR) is 49.2 cm³/mol. The molecule has 16 heavy (non-hydrogen) atoms. The van der Waals surface area contributed by atoms with Crippen LogP contribution in [0.5, 0.6) is 0 Å². The van der Waals surface area contributed by atoms with E-state index in [1.165, 1.54) is 6.20 Å². The molecule has 0 radical (unpaired) electrons. The van der Waals surface area contributed by atoms with Gasteiger partial charge >= 0.3 is 5.97 Å². The van der Waals surface area contributed by atoms with Crippen molar-refractivity contribution in [3.05, 3.63) is 29.8 Å². The fourth-order valence-corrected chi connectivity index (χ4v) is 1.23. The Kier molecular flexibility index (Phi) is 2.35. The standard InChI is InChI=1S/C9H6FN3O3/c1-4-5(2-13-16-4)7-6(10)8(9(14)15)12-3-11-7/h2-3H,1H3,(H,14,15). The van der Waals surface area contributed by atoms with E-state index in [1.54, 1.807) is 6.92 Å². The predicted octanol–water partition coefficient (Wildman–Crippen LogP) is 1.28. The van der Waals surface area contributed by atoms with Crippen molar-refractivity contribution in [2.24, 2.45) is 0 Å². The molecule has 0 atom stereocenters. The first-order chi connectivity index (χ1) is 7.61. The number of halogens is 1. The average Bonchev–Trinajstić information content (AvgIpc) is 2.64. The van der Waals surface area contributed by atoms with Crippen molar-refractivity contribution >= 4 is 5.97 Å². The van der Waals surface area contributed by atoms with Gasteiger partial charge in [-0.15, -0.1) is 0 Å². The molecule has 0 spiro atoms. The van der Waals surface area contributed by atoms with E-state index in [0.29, 0.717) is 11.3 Å². The number of hydrogen-bond acceptors (Lipinski definition) is 5. The number of aryl methyl sites for hydroxylation is 1. The monoisotopic (exact) mass is 223 g/mol. The Hall–Kier alpha value is -2.31. The molecule has 0 saturated carbocycles. The summed E-state index contributed by atoms with van der Waals surface area (Å²) in [6.07, 6.45) is 2.25. The molecule has 0 saturated heterocycles. The maximum absolute atomic E-state index is 13.7. The third-order valence-electron chi connectivity index (χ3n) is 2.00. The van der Waals surface area contributed by atoms with Crippen molar-refractivity contribution in [3.8, 4) is 11.3 Å². The first-order valence-electron chi connectivity index (χ1n) is 4.26. The molecule has 0 unspecified atom stereocenters. The molecule has 0 aliphatic heterocycles. The first-order valence-corrected chi connectivity index (χ1v) is 4.26. The third kappa shape index (κ3) is 1.52. The lowest BCUT2D eigenvalue weighted by molar-refractivity contribution is 0.0684. The highest BCUT2D eigenvalue weighted by Gasteiger charge is 2.20. The molecule has 0 aromatic carbocycles. The van der Waals surface area contributed by atoms with Crippen LogP contribution in [0, 0.1) is 12.7 Å². The van der Waals surface area contributed by atoms with Crippen molar-refractivity contribution in [3.63, 3.8) is 0 Å². The summed E-state index contributed by atoms with van der Waals surface area (Å²) in [5.74, 6) is -2.09. The highest BCUT2D eigenvalue weighted by atomic mass is 19.1. The number of carbonyl (C=O) groups is 1. The van der Waals surface area contributed by atoms with Gasteiger partial charge in [0, 0.05) is 0 Å². The Morgan fingerprint density at radius 1 is 1.50 bits per heavy atom. The van der Waals surface area contributed by atoms with Gasteiger partial charge in [-0.25, -0.2) is 19.2 Å². The lowest BCUT2D eigenvalue weighted by atomic mass is 10.1. The Morgan fingerprint density at radius 3 is 2.81 bits per heavy atom. The molecule has 1 N–H and O–H groups in total. The molecule has 2 aromatic heterocycles. The molecular formula is C9H6FN3O3. The van der Waals surface area contributed by atoms with Gasteiger partial charge in [0.25, 0.3) is 0 Å². The van der Waals surface area contributed by atoms with Gasteiger partial charge in [0.1, 0.15) is 17.8 Å². The fraction of sp³-hybridized carbons (Fsp3) is 0.111. The quantitative estimate of drug-likeness (QED) is 0.824. The maximum atomic E-state index is 13.7.